The first-order valence-electron chi connectivity index (χ1n) is 8.36. The van der Waals surface area contributed by atoms with Crippen LogP contribution in [-0.2, 0) is 9.47 Å². The Bertz CT molecular complexity index is 393. The number of carbonyl (C=O) groups excluding carboxylic acids is 1. The zero-order chi connectivity index (χ0) is 17.8. The first-order valence-corrected chi connectivity index (χ1v) is 8.36. The van der Waals surface area contributed by atoms with E-state index in [1.165, 1.54) is 0 Å². The number of hydrogen-bond donors (Lipinski definition) is 2. The predicted octanol–water partition coefficient (Wildman–Crippen LogP) is 2.15. The van der Waals surface area contributed by atoms with E-state index in [2.05, 4.69) is 10.2 Å². The molecule has 6 nitrogen and oxygen atoms in total. The smallest absolute Gasteiger partial charge is 0.407 e. The number of nitrogens with one attached hydrogen (secondary N) is 1. The fourth-order valence-electron chi connectivity index (χ4n) is 3.02. The number of rotatable bonds is 5. The third kappa shape index (κ3) is 7.06. The van der Waals surface area contributed by atoms with Crippen LogP contribution in [0.2, 0.25) is 0 Å². The molecule has 0 saturated heterocycles. The van der Waals surface area contributed by atoms with Crippen molar-refractivity contribution in [2.45, 2.75) is 83.3 Å². The van der Waals surface area contributed by atoms with Crippen LogP contribution >= 0.6 is 0 Å². The number of hydrogen-bond acceptors (Lipinski definition) is 5. The molecule has 23 heavy (non-hydrogen) atoms. The molecule has 136 valence electrons. The molecule has 1 amide bonds. The third-order valence-corrected chi connectivity index (χ3v) is 4.24. The summed E-state index contributed by atoms with van der Waals surface area (Å²) in [7, 11) is 3.70. The van der Waals surface area contributed by atoms with Crippen LogP contribution in [0.15, 0.2) is 0 Å². The van der Waals surface area contributed by atoms with Crippen molar-refractivity contribution in [3.63, 3.8) is 0 Å². The summed E-state index contributed by atoms with van der Waals surface area (Å²) in [5, 5.41) is 13.0. The van der Waals surface area contributed by atoms with E-state index >= 15 is 0 Å². The van der Waals surface area contributed by atoms with Gasteiger partial charge in [0.15, 0.2) is 0 Å². The second kappa shape index (κ2) is 7.81. The minimum atomic E-state index is -0.516. The van der Waals surface area contributed by atoms with Crippen molar-refractivity contribution in [1.29, 1.82) is 0 Å². The number of carbonyl (C=O) groups is 1. The molecule has 1 aliphatic carbocycles. The minimum absolute atomic E-state index is 0.0362. The molecule has 0 heterocycles. The highest BCUT2D eigenvalue weighted by Crippen LogP contribution is 2.25. The largest absolute Gasteiger partial charge is 0.444 e. The lowest BCUT2D eigenvalue weighted by Crippen LogP contribution is -2.57. The molecule has 0 radical (unpaired) electrons. The summed E-state index contributed by atoms with van der Waals surface area (Å²) < 4.78 is 10.9. The molecule has 0 aliphatic heterocycles. The van der Waals surface area contributed by atoms with Crippen LogP contribution in [0, 0.1) is 0 Å². The molecule has 3 atom stereocenters. The number of nitrogens with zero attached hydrogens (tertiary/aromatic N) is 1. The second-order valence-corrected chi connectivity index (χ2v) is 8.17. The topological polar surface area (TPSA) is 71.0 Å². The van der Waals surface area contributed by atoms with Crippen LogP contribution in [0.4, 0.5) is 4.79 Å². The van der Waals surface area contributed by atoms with Gasteiger partial charge in [0, 0.05) is 25.7 Å². The lowest BCUT2D eigenvalue weighted by Gasteiger charge is -2.42. The molecule has 0 bridgehead atoms. The first kappa shape index (κ1) is 20.2. The van der Waals surface area contributed by atoms with Gasteiger partial charge in [-0.15, -0.1) is 0 Å². The molecule has 0 spiro atoms. The van der Waals surface area contributed by atoms with Crippen molar-refractivity contribution in [2.75, 3.05) is 20.7 Å². The van der Waals surface area contributed by atoms with Crippen molar-refractivity contribution in [1.82, 2.24) is 10.2 Å². The summed E-state index contributed by atoms with van der Waals surface area (Å²) >= 11 is 0. The first-order chi connectivity index (χ1) is 10.4. The molecule has 0 aromatic rings. The van der Waals surface area contributed by atoms with Crippen LogP contribution in [0.1, 0.15) is 53.9 Å². The number of aliphatic hydroxyl groups is 1. The number of aliphatic hydroxyl groups excluding tert-OH is 1. The molecule has 1 fully saturated rings. The average Bonchev–Trinajstić information content (AvgIpc) is 2.38. The summed E-state index contributed by atoms with van der Waals surface area (Å²) in [5.74, 6) is 0. The summed E-state index contributed by atoms with van der Waals surface area (Å²) in [6.45, 7) is 10.3. The normalized spacial score (nSPS) is 26.2. The van der Waals surface area contributed by atoms with Gasteiger partial charge in [-0.1, -0.05) is 0 Å². The van der Waals surface area contributed by atoms with Gasteiger partial charge in [-0.3, -0.25) is 4.90 Å². The Hall–Kier alpha value is -0.850. The molecule has 1 aliphatic rings. The maximum Gasteiger partial charge on any atom is 0.407 e. The van der Waals surface area contributed by atoms with Gasteiger partial charge in [0.25, 0.3) is 0 Å². The molecule has 1 rings (SSSR count). The van der Waals surface area contributed by atoms with E-state index in [4.69, 9.17) is 9.47 Å². The molecule has 0 aromatic heterocycles. The fraction of sp³-hybridized carbons (Fsp3) is 0.941. The van der Waals surface area contributed by atoms with Gasteiger partial charge >= 0.3 is 6.09 Å². The Balaban J connectivity index is 2.73. The lowest BCUT2D eigenvalue weighted by molar-refractivity contribution is -0.0293. The van der Waals surface area contributed by atoms with E-state index in [1.807, 2.05) is 41.7 Å². The van der Waals surface area contributed by atoms with Crippen LogP contribution in [0.3, 0.4) is 0 Å². The maximum atomic E-state index is 12.1. The van der Waals surface area contributed by atoms with E-state index in [0.29, 0.717) is 19.4 Å². The average molecular weight is 330 g/mol. The quantitative estimate of drug-likeness (QED) is 0.808. The number of likely N-dealkylation sites (N-methyl/N-ethyl adjacent to an activating group) is 1. The van der Waals surface area contributed by atoms with Gasteiger partial charge in [0.2, 0.25) is 0 Å². The van der Waals surface area contributed by atoms with Crippen LogP contribution < -0.4 is 5.32 Å². The van der Waals surface area contributed by atoms with Crippen LogP contribution in [0.25, 0.3) is 0 Å². The SMILES string of the molecule is COC(C)(C)CN(C)C1CC(O)CCC1NC(=O)OC(C)(C)C. The van der Waals surface area contributed by atoms with E-state index in [-0.39, 0.29) is 23.8 Å². The fourth-order valence-corrected chi connectivity index (χ4v) is 3.02. The molecule has 1 saturated carbocycles. The van der Waals surface area contributed by atoms with Crippen LogP contribution in [-0.4, -0.2) is 66.2 Å². The maximum absolute atomic E-state index is 12.1. The number of methoxy groups -OCH3 is 1. The van der Waals surface area contributed by atoms with Gasteiger partial charge in [0.1, 0.15) is 5.60 Å². The van der Waals surface area contributed by atoms with Crippen molar-refractivity contribution in [2.24, 2.45) is 0 Å². The van der Waals surface area contributed by atoms with Crippen LogP contribution in [0.5, 0.6) is 0 Å². The number of amides is 1. The van der Waals surface area contributed by atoms with E-state index in [0.717, 1.165) is 6.42 Å². The van der Waals surface area contributed by atoms with E-state index in [1.54, 1.807) is 7.11 Å². The standard InChI is InChI=1S/C17H34N2O4/c1-16(2,3)23-15(21)18-13-9-8-12(20)10-14(13)19(6)11-17(4,5)22-7/h12-14,20H,8-11H2,1-7H3,(H,18,21). The van der Waals surface area contributed by atoms with Gasteiger partial charge in [0.05, 0.1) is 11.7 Å². The number of alkyl carbamates (subject to hydrolysis) is 1. The zero-order valence-corrected chi connectivity index (χ0v) is 15.7. The Kier molecular flexibility index (Phi) is 6.86. The molecular weight excluding hydrogens is 296 g/mol. The molecule has 3 unspecified atom stereocenters. The van der Waals surface area contributed by atoms with Gasteiger partial charge < -0.3 is 19.9 Å². The van der Waals surface area contributed by atoms with Gasteiger partial charge in [-0.05, 0) is 60.9 Å². The summed E-state index contributed by atoms with van der Waals surface area (Å²) in [5.41, 5.74) is -0.800. The monoisotopic (exact) mass is 330 g/mol. The number of ether oxygens (including phenoxy) is 2. The third-order valence-electron chi connectivity index (χ3n) is 4.24. The highest BCUT2D eigenvalue weighted by atomic mass is 16.6. The Morgan fingerprint density at radius 2 is 1.87 bits per heavy atom. The van der Waals surface area contributed by atoms with Crippen molar-refractivity contribution in [3.8, 4) is 0 Å². The highest BCUT2D eigenvalue weighted by molar-refractivity contribution is 5.68. The zero-order valence-electron chi connectivity index (χ0n) is 15.7. The Labute approximate surface area is 140 Å². The molecule has 6 heteroatoms. The Morgan fingerprint density at radius 3 is 2.39 bits per heavy atom. The van der Waals surface area contributed by atoms with Crippen molar-refractivity contribution >= 4 is 6.09 Å². The van der Waals surface area contributed by atoms with Crippen molar-refractivity contribution < 1.29 is 19.4 Å². The molecular formula is C17H34N2O4. The second-order valence-electron chi connectivity index (χ2n) is 8.17. The van der Waals surface area contributed by atoms with E-state index in [9.17, 15) is 9.90 Å². The summed E-state index contributed by atoms with van der Waals surface area (Å²) in [4.78, 5) is 14.2. The summed E-state index contributed by atoms with van der Waals surface area (Å²) in [6.07, 6.45) is 1.34. The summed E-state index contributed by atoms with van der Waals surface area (Å²) in [6, 6.07) is 0.0200. The van der Waals surface area contributed by atoms with Crippen molar-refractivity contribution in [3.05, 3.63) is 0 Å². The van der Waals surface area contributed by atoms with Gasteiger partial charge in [-0.2, -0.15) is 0 Å². The minimum Gasteiger partial charge on any atom is -0.444 e. The van der Waals surface area contributed by atoms with Gasteiger partial charge in [-0.25, -0.2) is 4.79 Å². The van der Waals surface area contributed by atoms with E-state index < -0.39 is 11.7 Å². The highest BCUT2D eigenvalue weighted by Gasteiger charge is 2.36. The Morgan fingerprint density at radius 1 is 1.26 bits per heavy atom. The molecule has 0 aromatic carbocycles. The predicted molar refractivity (Wildman–Crippen MR) is 90.5 cm³/mol. The molecule has 2 N–H and O–H groups in total. The lowest BCUT2D eigenvalue weighted by atomic mass is 9.87.